The van der Waals surface area contributed by atoms with Crippen molar-refractivity contribution in [2.75, 3.05) is 7.05 Å². The third kappa shape index (κ3) is 2.87. The number of nitrogens with two attached hydrogens (primary N) is 1. The summed E-state index contributed by atoms with van der Waals surface area (Å²) < 4.78 is 42.1. The lowest BCUT2D eigenvalue weighted by Gasteiger charge is -2.26. The number of guanidine groups is 1. The number of hydrogen-bond acceptors (Lipinski definition) is 4. The second-order valence-corrected chi connectivity index (χ2v) is 5.78. The molecule has 2 N–H and O–H groups in total. The Balaban J connectivity index is 2.15. The van der Waals surface area contributed by atoms with Crippen molar-refractivity contribution in [2.45, 2.75) is 18.8 Å². The molecule has 1 aliphatic heterocycles. The summed E-state index contributed by atoms with van der Waals surface area (Å²) in [5, 5.41) is 0. The van der Waals surface area contributed by atoms with Gasteiger partial charge in [-0.15, -0.1) is 0 Å². The standard InChI is InChI=1S/C18H16F3N3O2/c1-24-15(25)18(23-17(24)22,13-4-2-3-11(9-13)10-19)12-5-7-14(8-6-12)26-16(20)21/h2-9,16H,10H2,1H3,(H2,22,23). The zero-order valence-electron chi connectivity index (χ0n) is 13.8. The van der Waals surface area contributed by atoms with E-state index < -0.39 is 24.7 Å². The van der Waals surface area contributed by atoms with E-state index in [0.717, 1.165) is 0 Å². The predicted molar refractivity (Wildman–Crippen MR) is 89.5 cm³/mol. The molecule has 26 heavy (non-hydrogen) atoms. The number of carbonyl (C=O) groups excluding carboxylic acids is 1. The van der Waals surface area contributed by atoms with Gasteiger partial charge in [0, 0.05) is 7.05 Å². The van der Waals surface area contributed by atoms with E-state index in [-0.39, 0.29) is 11.7 Å². The van der Waals surface area contributed by atoms with Gasteiger partial charge in [0.25, 0.3) is 5.91 Å². The summed E-state index contributed by atoms with van der Waals surface area (Å²) in [6.45, 7) is -3.65. The zero-order valence-corrected chi connectivity index (χ0v) is 13.8. The average molecular weight is 363 g/mol. The lowest BCUT2D eigenvalue weighted by atomic mass is 9.82. The molecule has 1 atom stereocenters. The van der Waals surface area contributed by atoms with Gasteiger partial charge in [0.15, 0.2) is 11.5 Å². The van der Waals surface area contributed by atoms with Crippen molar-refractivity contribution in [3.8, 4) is 5.75 Å². The molecule has 1 aliphatic rings. The molecule has 0 radical (unpaired) electrons. The van der Waals surface area contributed by atoms with Crippen LogP contribution in [-0.2, 0) is 17.0 Å². The normalized spacial score (nSPS) is 19.8. The van der Waals surface area contributed by atoms with Crippen molar-refractivity contribution in [3.05, 3.63) is 65.2 Å². The molecule has 1 unspecified atom stereocenters. The number of aliphatic imine (C=N–C) groups is 1. The minimum absolute atomic E-state index is 0.00792. The molecule has 0 saturated carbocycles. The first-order valence-corrected chi connectivity index (χ1v) is 7.72. The first kappa shape index (κ1) is 17.8. The number of likely N-dealkylation sites (N-methyl/N-ethyl adjacent to an activating group) is 1. The number of hydrogen-bond donors (Lipinski definition) is 1. The van der Waals surface area contributed by atoms with Gasteiger partial charge in [-0.05, 0) is 34.9 Å². The van der Waals surface area contributed by atoms with Crippen LogP contribution in [0.15, 0.2) is 53.5 Å². The van der Waals surface area contributed by atoms with E-state index in [1.54, 1.807) is 18.2 Å². The number of carbonyl (C=O) groups is 1. The van der Waals surface area contributed by atoms with Gasteiger partial charge in [0.05, 0.1) is 0 Å². The highest BCUT2D eigenvalue weighted by Crippen LogP contribution is 2.40. The van der Waals surface area contributed by atoms with Gasteiger partial charge in [-0.25, -0.2) is 9.38 Å². The van der Waals surface area contributed by atoms with Crippen molar-refractivity contribution in [2.24, 2.45) is 10.7 Å². The van der Waals surface area contributed by atoms with E-state index in [4.69, 9.17) is 5.73 Å². The second kappa shape index (κ2) is 6.70. The van der Waals surface area contributed by atoms with E-state index in [1.165, 1.54) is 42.3 Å². The van der Waals surface area contributed by atoms with E-state index in [0.29, 0.717) is 16.7 Å². The zero-order chi connectivity index (χ0) is 18.9. The molecular formula is C18H16F3N3O2. The van der Waals surface area contributed by atoms with Crippen LogP contribution in [0.25, 0.3) is 0 Å². The molecule has 0 aliphatic carbocycles. The highest BCUT2D eigenvalue weighted by atomic mass is 19.3. The molecule has 0 aromatic heterocycles. The van der Waals surface area contributed by atoms with Crippen LogP contribution in [0.1, 0.15) is 16.7 Å². The largest absolute Gasteiger partial charge is 0.435 e. The Bertz CT molecular complexity index is 855. The molecule has 0 bridgehead atoms. The molecule has 1 amide bonds. The van der Waals surface area contributed by atoms with Crippen molar-refractivity contribution in [1.29, 1.82) is 0 Å². The SMILES string of the molecule is CN1C(=O)C(c2ccc(OC(F)F)cc2)(c2cccc(CF)c2)N=C1N. The monoisotopic (exact) mass is 363 g/mol. The van der Waals surface area contributed by atoms with Crippen molar-refractivity contribution in [3.63, 3.8) is 0 Å². The third-order valence-electron chi connectivity index (χ3n) is 4.24. The minimum atomic E-state index is -2.95. The summed E-state index contributed by atoms with van der Waals surface area (Å²) in [6.07, 6.45) is 0. The maximum Gasteiger partial charge on any atom is 0.387 e. The van der Waals surface area contributed by atoms with E-state index >= 15 is 0 Å². The summed E-state index contributed by atoms with van der Waals surface area (Å²) in [4.78, 5) is 18.5. The Kier molecular flexibility index (Phi) is 4.58. The van der Waals surface area contributed by atoms with Crippen LogP contribution in [0.2, 0.25) is 0 Å². The number of halogens is 3. The smallest absolute Gasteiger partial charge is 0.387 e. The van der Waals surface area contributed by atoms with Crippen LogP contribution < -0.4 is 10.5 Å². The van der Waals surface area contributed by atoms with Gasteiger partial charge in [-0.2, -0.15) is 8.78 Å². The first-order valence-electron chi connectivity index (χ1n) is 7.72. The van der Waals surface area contributed by atoms with Gasteiger partial charge in [-0.1, -0.05) is 30.3 Å². The van der Waals surface area contributed by atoms with Crippen molar-refractivity contribution in [1.82, 2.24) is 4.90 Å². The number of ether oxygens (including phenoxy) is 1. The fourth-order valence-electron chi connectivity index (χ4n) is 2.94. The highest BCUT2D eigenvalue weighted by Gasteiger charge is 2.49. The van der Waals surface area contributed by atoms with Gasteiger partial charge < -0.3 is 10.5 Å². The van der Waals surface area contributed by atoms with E-state index in [9.17, 15) is 18.0 Å². The Labute approximate surface area is 147 Å². The van der Waals surface area contributed by atoms with Crippen LogP contribution >= 0.6 is 0 Å². The molecule has 3 rings (SSSR count). The topological polar surface area (TPSA) is 67.9 Å². The molecule has 1 heterocycles. The Hall–Kier alpha value is -3.03. The maximum absolute atomic E-state index is 13.1. The molecule has 5 nitrogen and oxygen atoms in total. The molecule has 2 aromatic carbocycles. The van der Waals surface area contributed by atoms with E-state index in [2.05, 4.69) is 9.73 Å². The fraction of sp³-hybridized carbons (Fsp3) is 0.222. The summed E-state index contributed by atoms with van der Waals surface area (Å²) in [7, 11) is 1.48. The van der Waals surface area contributed by atoms with Crippen molar-refractivity contribution >= 4 is 11.9 Å². The van der Waals surface area contributed by atoms with Gasteiger partial charge in [0.1, 0.15) is 12.4 Å². The van der Waals surface area contributed by atoms with Gasteiger partial charge in [-0.3, -0.25) is 9.69 Å². The minimum Gasteiger partial charge on any atom is -0.435 e. The van der Waals surface area contributed by atoms with Crippen LogP contribution in [0.3, 0.4) is 0 Å². The van der Waals surface area contributed by atoms with Crippen LogP contribution in [0.5, 0.6) is 5.75 Å². The molecule has 0 fully saturated rings. The Morgan fingerprint density at radius 3 is 2.42 bits per heavy atom. The summed E-state index contributed by atoms with van der Waals surface area (Å²) in [6, 6.07) is 12.0. The third-order valence-corrected chi connectivity index (χ3v) is 4.24. The Morgan fingerprint density at radius 1 is 1.19 bits per heavy atom. The van der Waals surface area contributed by atoms with Crippen LogP contribution in [0.4, 0.5) is 13.2 Å². The number of rotatable bonds is 5. The molecule has 0 spiro atoms. The quantitative estimate of drug-likeness (QED) is 0.888. The number of nitrogens with zero attached hydrogens (tertiary/aromatic N) is 2. The van der Waals surface area contributed by atoms with Crippen molar-refractivity contribution < 1.29 is 22.7 Å². The molecule has 136 valence electrons. The predicted octanol–water partition coefficient (Wildman–Crippen LogP) is 2.79. The fourth-order valence-corrected chi connectivity index (χ4v) is 2.94. The number of alkyl halides is 3. The summed E-state index contributed by atoms with van der Waals surface area (Å²) in [5.74, 6) is -0.464. The molecule has 2 aromatic rings. The van der Waals surface area contributed by atoms with E-state index in [1.807, 2.05) is 0 Å². The Morgan fingerprint density at radius 2 is 1.88 bits per heavy atom. The lowest BCUT2D eigenvalue weighted by Crippen LogP contribution is -2.41. The average Bonchev–Trinajstić information content (AvgIpc) is 2.87. The second-order valence-electron chi connectivity index (χ2n) is 5.78. The molecule has 0 saturated heterocycles. The lowest BCUT2D eigenvalue weighted by molar-refractivity contribution is -0.129. The molecule has 8 heteroatoms. The molecular weight excluding hydrogens is 347 g/mol. The summed E-state index contributed by atoms with van der Waals surface area (Å²) in [5.41, 5.74) is 5.57. The maximum atomic E-state index is 13.1. The van der Waals surface area contributed by atoms with Gasteiger partial charge >= 0.3 is 6.61 Å². The highest BCUT2D eigenvalue weighted by molar-refractivity contribution is 6.08. The van der Waals surface area contributed by atoms with Gasteiger partial charge in [0.2, 0.25) is 0 Å². The first-order chi connectivity index (χ1) is 12.4. The number of amides is 1. The van der Waals surface area contributed by atoms with Crippen LogP contribution in [-0.4, -0.2) is 30.4 Å². The summed E-state index contributed by atoms with van der Waals surface area (Å²) >= 11 is 0. The number of benzene rings is 2. The van der Waals surface area contributed by atoms with Crippen LogP contribution in [0, 0.1) is 0 Å².